The number of aromatic nitrogens is 3. The molecule has 200 valence electrons. The third kappa shape index (κ3) is 5.73. The Morgan fingerprint density at radius 2 is 2.18 bits per heavy atom. The summed E-state index contributed by atoms with van der Waals surface area (Å²) in [7, 11) is 1.68. The van der Waals surface area contributed by atoms with Gasteiger partial charge in [0, 0.05) is 43.1 Å². The fraction of sp³-hybridized carbons (Fsp3) is 0.357. The van der Waals surface area contributed by atoms with Gasteiger partial charge in [-0.05, 0) is 41.8 Å². The number of pyridine rings is 1. The minimum atomic E-state index is -0.721. The number of morpholine rings is 1. The maximum Gasteiger partial charge on any atom is 0.261 e. The molecule has 3 heterocycles. The second-order valence-corrected chi connectivity index (χ2v) is 10.3. The molecule has 1 fully saturated rings. The summed E-state index contributed by atoms with van der Waals surface area (Å²) in [4.78, 5) is 26.2. The molecule has 0 bridgehead atoms. The van der Waals surface area contributed by atoms with E-state index in [2.05, 4.69) is 54.9 Å². The highest BCUT2D eigenvalue weighted by Crippen LogP contribution is 2.30. The summed E-state index contributed by atoms with van der Waals surface area (Å²) in [5.74, 6) is 0.477. The first kappa shape index (κ1) is 26.7. The quantitative estimate of drug-likeness (QED) is 0.162. The van der Waals surface area contributed by atoms with Crippen molar-refractivity contribution in [3.63, 3.8) is 0 Å². The van der Waals surface area contributed by atoms with Crippen molar-refractivity contribution in [3.05, 3.63) is 75.7 Å². The van der Waals surface area contributed by atoms with Crippen molar-refractivity contribution in [2.45, 2.75) is 23.6 Å². The van der Waals surface area contributed by atoms with Crippen molar-refractivity contribution >= 4 is 45.0 Å². The molecule has 0 aliphatic carbocycles. The molecule has 4 N–H and O–H groups in total. The number of methoxy groups -OCH3 is 1. The summed E-state index contributed by atoms with van der Waals surface area (Å²) in [5, 5.41) is 14.1. The van der Waals surface area contributed by atoms with E-state index >= 15 is 0 Å². The molecule has 0 saturated carbocycles. The SMILES string of the molecule is COCC1CN(c2cc(C)c3nc(-c4c(NC[C@@H](O)c5cccc(CI)c5)cc[nH]c4=O)[nH]c3c2)CCO1. The highest BCUT2D eigenvalue weighted by molar-refractivity contribution is 14.1. The van der Waals surface area contributed by atoms with E-state index in [0.29, 0.717) is 30.3 Å². The lowest BCUT2D eigenvalue weighted by Crippen LogP contribution is -2.44. The van der Waals surface area contributed by atoms with Crippen LogP contribution in [-0.2, 0) is 13.9 Å². The third-order valence-electron chi connectivity index (χ3n) is 6.79. The minimum Gasteiger partial charge on any atom is -0.387 e. The van der Waals surface area contributed by atoms with Crippen LogP contribution in [0.5, 0.6) is 0 Å². The Kier molecular flexibility index (Phi) is 8.32. The van der Waals surface area contributed by atoms with Crippen molar-refractivity contribution in [1.82, 2.24) is 15.0 Å². The number of aromatic amines is 2. The number of halogens is 1. The molecule has 5 rings (SSSR count). The molecule has 1 unspecified atom stereocenters. The van der Waals surface area contributed by atoms with Crippen LogP contribution < -0.4 is 15.8 Å². The number of rotatable bonds is 9. The lowest BCUT2D eigenvalue weighted by atomic mass is 10.1. The maximum absolute atomic E-state index is 13.0. The molecule has 2 aromatic heterocycles. The number of aliphatic hydroxyl groups excluding tert-OH is 1. The van der Waals surface area contributed by atoms with Gasteiger partial charge in [0.25, 0.3) is 5.56 Å². The average Bonchev–Trinajstić information content (AvgIpc) is 3.36. The molecule has 2 atom stereocenters. The summed E-state index contributed by atoms with van der Waals surface area (Å²) in [5.41, 5.74) is 6.50. The van der Waals surface area contributed by atoms with Gasteiger partial charge in [-0.1, -0.05) is 46.9 Å². The zero-order chi connectivity index (χ0) is 26.6. The van der Waals surface area contributed by atoms with Crippen molar-refractivity contribution < 1.29 is 14.6 Å². The van der Waals surface area contributed by atoms with Crippen molar-refractivity contribution in [1.29, 1.82) is 0 Å². The van der Waals surface area contributed by atoms with Gasteiger partial charge in [-0.15, -0.1) is 0 Å². The number of fused-ring (bicyclic) bond motifs is 1. The summed E-state index contributed by atoms with van der Waals surface area (Å²) in [6, 6.07) is 13.9. The summed E-state index contributed by atoms with van der Waals surface area (Å²) < 4.78 is 12.0. The van der Waals surface area contributed by atoms with Crippen LogP contribution in [0.15, 0.2) is 53.5 Å². The standard InChI is InChI=1S/C28H32IN5O4/c1-17-10-20(34-8-9-38-21(15-34)16-37-2)12-23-26(17)33-27(32-23)25-22(6-7-30-28(25)36)31-14-24(35)19-5-3-4-18(11-19)13-29/h3-7,10-12,21,24,35H,8-9,13-16H2,1-2H3,(H,32,33)(H2,30,31,36)/t21?,24-/m1/s1. The Bertz CT molecular complexity index is 1470. The number of benzene rings is 2. The van der Waals surface area contributed by atoms with Crippen LogP contribution >= 0.6 is 22.6 Å². The Hall–Kier alpha value is -2.93. The monoisotopic (exact) mass is 629 g/mol. The number of imidazole rings is 1. The lowest BCUT2D eigenvalue weighted by molar-refractivity contribution is -0.0100. The van der Waals surface area contributed by atoms with E-state index in [1.165, 1.54) is 0 Å². The number of nitrogens with zero attached hydrogens (tertiary/aromatic N) is 2. The van der Waals surface area contributed by atoms with Crippen LogP contribution in [0.1, 0.15) is 22.8 Å². The molecule has 1 aliphatic rings. The highest BCUT2D eigenvalue weighted by Gasteiger charge is 2.22. The first-order valence-electron chi connectivity index (χ1n) is 12.6. The second-order valence-electron chi connectivity index (χ2n) is 9.51. The Balaban J connectivity index is 1.42. The van der Waals surface area contributed by atoms with Gasteiger partial charge < -0.3 is 34.8 Å². The van der Waals surface area contributed by atoms with E-state index in [9.17, 15) is 9.90 Å². The molecule has 0 radical (unpaired) electrons. The first-order chi connectivity index (χ1) is 18.5. The normalized spacial score (nSPS) is 16.6. The number of ether oxygens (including phenoxy) is 2. The van der Waals surface area contributed by atoms with Crippen LogP contribution in [0.4, 0.5) is 11.4 Å². The van der Waals surface area contributed by atoms with Crippen molar-refractivity contribution in [2.75, 3.05) is 50.2 Å². The predicted octanol–water partition coefficient (Wildman–Crippen LogP) is 4.16. The number of anilines is 2. The number of aliphatic hydroxyl groups is 1. The zero-order valence-electron chi connectivity index (χ0n) is 21.5. The van der Waals surface area contributed by atoms with E-state index in [1.807, 2.05) is 31.2 Å². The second kappa shape index (κ2) is 11.9. The maximum atomic E-state index is 13.0. The summed E-state index contributed by atoms with van der Waals surface area (Å²) in [6.07, 6.45) is 0.900. The van der Waals surface area contributed by atoms with Gasteiger partial charge in [-0.25, -0.2) is 4.98 Å². The number of aryl methyl sites for hydroxylation is 1. The van der Waals surface area contributed by atoms with Crippen molar-refractivity contribution in [3.8, 4) is 11.4 Å². The van der Waals surface area contributed by atoms with E-state index in [-0.39, 0.29) is 18.2 Å². The molecule has 1 aliphatic heterocycles. The van der Waals surface area contributed by atoms with Crippen LogP contribution in [0.25, 0.3) is 22.4 Å². The Morgan fingerprint density at radius 1 is 1.32 bits per heavy atom. The Morgan fingerprint density at radius 3 is 3.00 bits per heavy atom. The molecular formula is C28H32IN5O4. The zero-order valence-corrected chi connectivity index (χ0v) is 23.6. The van der Waals surface area contributed by atoms with Gasteiger partial charge in [0.2, 0.25) is 0 Å². The largest absolute Gasteiger partial charge is 0.387 e. The molecule has 9 nitrogen and oxygen atoms in total. The topological polar surface area (TPSA) is 115 Å². The molecule has 1 saturated heterocycles. The van der Waals surface area contributed by atoms with E-state index in [1.54, 1.807) is 19.4 Å². The predicted molar refractivity (Wildman–Crippen MR) is 158 cm³/mol. The van der Waals surface area contributed by atoms with Crippen LogP contribution in [0.3, 0.4) is 0 Å². The Labute approximate surface area is 234 Å². The van der Waals surface area contributed by atoms with Crippen LogP contribution in [-0.4, -0.2) is 66.1 Å². The molecule has 38 heavy (non-hydrogen) atoms. The molecule has 4 aromatic rings. The molecule has 0 amide bonds. The minimum absolute atomic E-state index is 0.0259. The van der Waals surface area contributed by atoms with E-state index < -0.39 is 6.10 Å². The van der Waals surface area contributed by atoms with Crippen LogP contribution in [0, 0.1) is 6.92 Å². The van der Waals surface area contributed by atoms with Gasteiger partial charge in [0.15, 0.2) is 0 Å². The summed E-state index contributed by atoms with van der Waals surface area (Å²) in [6.45, 7) is 5.01. The first-order valence-corrected chi connectivity index (χ1v) is 14.1. The van der Waals surface area contributed by atoms with Gasteiger partial charge in [0.1, 0.15) is 11.4 Å². The van der Waals surface area contributed by atoms with Gasteiger partial charge >= 0.3 is 0 Å². The third-order valence-corrected chi connectivity index (χ3v) is 7.67. The average molecular weight is 629 g/mol. The van der Waals surface area contributed by atoms with E-state index in [4.69, 9.17) is 14.5 Å². The van der Waals surface area contributed by atoms with Gasteiger partial charge in [0.05, 0.1) is 42.1 Å². The number of hydrogen-bond donors (Lipinski definition) is 4. The number of alkyl halides is 1. The van der Waals surface area contributed by atoms with Gasteiger partial charge in [-0.2, -0.15) is 0 Å². The fourth-order valence-corrected chi connectivity index (χ4v) is 5.36. The van der Waals surface area contributed by atoms with Crippen LogP contribution in [0.2, 0.25) is 0 Å². The van der Waals surface area contributed by atoms with E-state index in [0.717, 1.165) is 50.9 Å². The number of H-pyrrole nitrogens is 2. The summed E-state index contributed by atoms with van der Waals surface area (Å²) >= 11 is 2.31. The highest BCUT2D eigenvalue weighted by atomic mass is 127. The van der Waals surface area contributed by atoms with Gasteiger partial charge in [-0.3, -0.25) is 4.79 Å². The molecule has 2 aromatic carbocycles. The molecule has 10 heteroatoms. The smallest absolute Gasteiger partial charge is 0.261 e. The molecular weight excluding hydrogens is 597 g/mol. The fourth-order valence-electron chi connectivity index (χ4n) is 4.88. The molecule has 0 spiro atoms. The lowest BCUT2D eigenvalue weighted by Gasteiger charge is -2.34. The number of nitrogens with one attached hydrogen (secondary N) is 3. The van der Waals surface area contributed by atoms with Crippen molar-refractivity contribution in [2.24, 2.45) is 0 Å². The number of hydrogen-bond acceptors (Lipinski definition) is 7.